The molecule has 0 spiro atoms. The van der Waals surface area contributed by atoms with E-state index in [0.717, 1.165) is 0 Å². The van der Waals surface area contributed by atoms with E-state index in [-0.39, 0.29) is 12.5 Å². The highest BCUT2D eigenvalue weighted by Crippen LogP contribution is 2.23. The van der Waals surface area contributed by atoms with Crippen LogP contribution in [0.4, 0.5) is 0 Å². The molecule has 0 aliphatic rings. The summed E-state index contributed by atoms with van der Waals surface area (Å²) in [5, 5.41) is 9.45. The Labute approximate surface area is 83.0 Å². The average molecular weight is 198 g/mol. The molecule has 1 aromatic rings. The van der Waals surface area contributed by atoms with Crippen LogP contribution in [0.25, 0.3) is 0 Å². The highest BCUT2D eigenvalue weighted by Gasteiger charge is 2.02. The fraction of sp³-hybridized carbons (Fsp3) is 0.400. The molecular formula is C10H14O4. The number of rotatable bonds is 5. The fourth-order valence-electron chi connectivity index (χ4n) is 1.04. The summed E-state index contributed by atoms with van der Waals surface area (Å²) < 4.78 is 14.9. The third kappa shape index (κ3) is 2.90. The molecule has 0 radical (unpaired) electrons. The van der Waals surface area contributed by atoms with E-state index in [9.17, 15) is 5.11 Å². The van der Waals surface area contributed by atoms with Gasteiger partial charge in [-0.15, -0.1) is 0 Å². The number of hydrogen-bond acceptors (Lipinski definition) is 4. The van der Waals surface area contributed by atoms with E-state index in [1.54, 1.807) is 32.4 Å². The van der Waals surface area contributed by atoms with Gasteiger partial charge in [-0.05, 0) is 18.2 Å². The van der Waals surface area contributed by atoms with E-state index in [1.165, 1.54) is 0 Å². The molecule has 0 bridgehead atoms. The van der Waals surface area contributed by atoms with E-state index in [4.69, 9.17) is 14.2 Å². The van der Waals surface area contributed by atoms with Gasteiger partial charge >= 0.3 is 0 Å². The van der Waals surface area contributed by atoms with Crippen molar-refractivity contribution in [2.45, 2.75) is 6.61 Å². The van der Waals surface area contributed by atoms with Gasteiger partial charge in [0, 0.05) is 12.7 Å². The summed E-state index contributed by atoms with van der Waals surface area (Å²) in [5.74, 6) is 0.890. The zero-order chi connectivity index (χ0) is 10.4. The molecule has 4 heteroatoms. The summed E-state index contributed by atoms with van der Waals surface area (Å²) in [5.41, 5.74) is 0.682. The highest BCUT2D eigenvalue weighted by molar-refractivity contribution is 5.38. The van der Waals surface area contributed by atoms with Crippen molar-refractivity contribution in [2.75, 3.05) is 21.0 Å². The summed E-state index contributed by atoms with van der Waals surface area (Å²) in [6, 6.07) is 4.99. The molecule has 0 aliphatic heterocycles. The molecule has 4 nitrogen and oxygen atoms in total. The molecule has 1 N–H and O–H groups in total. The number of methoxy groups -OCH3 is 2. The summed E-state index contributed by atoms with van der Waals surface area (Å²) >= 11 is 0. The molecule has 0 amide bonds. The molecule has 0 saturated carbocycles. The van der Waals surface area contributed by atoms with Crippen molar-refractivity contribution in [3.05, 3.63) is 23.8 Å². The number of phenolic OH excluding ortho intramolecular Hbond substituents is 1. The second-order valence-corrected chi connectivity index (χ2v) is 2.75. The first-order chi connectivity index (χ1) is 6.77. The quantitative estimate of drug-likeness (QED) is 0.575. The van der Waals surface area contributed by atoms with Crippen molar-refractivity contribution in [1.29, 1.82) is 0 Å². The molecule has 0 atom stereocenters. The van der Waals surface area contributed by atoms with Gasteiger partial charge in [-0.1, -0.05) is 0 Å². The summed E-state index contributed by atoms with van der Waals surface area (Å²) in [4.78, 5) is 0. The molecule has 0 fully saturated rings. The van der Waals surface area contributed by atoms with Crippen molar-refractivity contribution in [2.24, 2.45) is 0 Å². The van der Waals surface area contributed by atoms with Gasteiger partial charge in [-0.2, -0.15) is 0 Å². The topological polar surface area (TPSA) is 47.9 Å². The molecule has 0 saturated heterocycles. The summed E-state index contributed by atoms with van der Waals surface area (Å²) in [7, 11) is 3.12. The minimum atomic E-state index is 0.196. The van der Waals surface area contributed by atoms with Gasteiger partial charge in [0.25, 0.3) is 0 Å². The maximum atomic E-state index is 9.45. The van der Waals surface area contributed by atoms with Gasteiger partial charge in [0.1, 0.15) is 18.3 Å². The van der Waals surface area contributed by atoms with Crippen LogP contribution in [0.3, 0.4) is 0 Å². The van der Waals surface area contributed by atoms with Crippen molar-refractivity contribution in [3.63, 3.8) is 0 Å². The first-order valence-electron chi connectivity index (χ1n) is 4.20. The van der Waals surface area contributed by atoms with Gasteiger partial charge in [0.05, 0.1) is 13.7 Å². The maximum absolute atomic E-state index is 9.45. The van der Waals surface area contributed by atoms with Gasteiger partial charge in [0.15, 0.2) is 0 Å². The van der Waals surface area contributed by atoms with Gasteiger partial charge in [0.2, 0.25) is 0 Å². The largest absolute Gasteiger partial charge is 0.508 e. The number of aromatic hydroxyl groups is 1. The lowest BCUT2D eigenvalue weighted by molar-refractivity contribution is -0.0395. The molecular weight excluding hydrogens is 184 g/mol. The van der Waals surface area contributed by atoms with E-state index in [0.29, 0.717) is 17.9 Å². The first-order valence-corrected chi connectivity index (χ1v) is 4.20. The van der Waals surface area contributed by atoms with Crippen LogP contribution < -0.4 is 4.74 Å². The third-order valence-corrected chi connectivity index (χ3v) is 1.75. The van der Waals surface area contributed by atoms with Gasteiger partial charge < -0.3 is 19.3 Å². The van der Waals surface area contributed by atoms with Crippen molar-refractivity contribution >= 4 is 0 Å². The number of phenols is 1. The lowest BCUT2D eigenvalue weighted by atomic mass is 10.2. The Hall–Kier alpha value is -1.26. The Morgan fingerprint density at radius 1 is 1.29 bits per heavy atom. The van der Waals surface area contributed by atoms with E-state index < -0.39 is 0 Å². The van der Waals surface area contributed by atoms with Crippen molar-refractivity contribution in [1.82, 2.24) is 0 Å². The second-order valence-electron chi connectivity index (χ2n) is 2.75. The van der Waals surface area contributed by atoms with Gasteiger partial charge in [-0.3, -0.25) is 0 Å². The monoisotopic (exact) mass is 198 g/mol. The molecule has 78 valence electrons. The standard InChI is InChI=1S/C10H14O4/c1-12-7-14-6-8-5-9(13-2)3-4-10(8)11/h3-5,11H,6-7H2,1-2H3. The van der Waals surface area contributed by atoms with Crippen LogP contribution in [0.5, 0.6) is 11.5 Å². The minimum absolute atomic E-state index is 0.196. The minimum Gasteiger partial charge on any atom is -0.508 e. The lowest BCUT2D eigenvalue weighted by Gasteiger charge is -2.07. The number of hydrogen-bond donors (Lipinski definition) is 1. The van der Waals surface area contributed by atoms with Crippen LogP contribution in [0.2, 0.25) is 0 Å². The lowest BCUT2D eigenvalue weighted by Crippen LogP contribution is -1.97. The first kappa shape index (κ1) is 10.8. The molecule has 0 heterocycles. The third-order valence-electron chi connectivity index (χ3n) is 1.75. The molecule has 1 aromatic carbocycles. The number of ether oxygens (including phenoxy) is 3. The SMILES string of the molecule is COCOCc1cc(OC)ccc1O. The van der Waals surface area contributed by atoms with Crippen LogP contribution >= 0.6 is 0 Å². The fourth-order valence-corrected chi connectivity index (χ4v) is 1.04. The Bertz CT molecular complexity index is 285. The average Bonchev–Trinajstić information content (AvgIpc) is 2.21. The van der Waals surface area contributed by atoms with Crippen LogP contribution in [0.15, 0.2) is 18.2 Å². The van der Waals surface area contributed by atoms with E-state index >= 15 is 0 Å². The molecule has 0 unspecified atom stereocenters. The summed E-state index contributed by atoms with van der Waals surface area (Å²) in [6.07, 6.45) is 0. The van der Waals surface area contributed by atoms with Crippen LogP contribution in [-0.2, 0) is 16.1 Å². The predicted molar refractivity (Wildman–Crippen MR) is 51.3 cm³/mol. The summed E-state index contributed by atoms with van der Waals surface area (Å²) in [6.45, 7) is 0.507. The second kappa shape index (κ2) is 5.47. The smallest absolute Gasteiger partial charge is 0.146 e. The van der Waals surface area contributed by atoms with Crippen LogP contribution in [0.1, 0.15) is 5.56 Å². The van der Waals surface area contributed by atoms with E-state index in [1.807, 2.05) is 0 Å². The molecule has 0 aromatic heterocycles. The van der Waals surface area contributed by atoms with Crippen molar-refractivity contribution in [3.8, 4) is 11.5 Å². The molecule has 14 heavy (non-hydrogen) atoms. The van der Waals surface area contributed by atoms with Crippen LogP contribution in [-0.4, -0.2) is 26.1 Å². The van der Waals surface area contributed by atoms with Crippen LogP contribution in [0, 0.1) is 0 Å². The number of benzene rings is 1. The van der Waals surface area contributed by atoms with E-state index in [2.05, 4.69) is 0 Å². The normalized spacial score (nSPS) is 10.1. The van der Waals surface area contributed by atoms with Gasteiger partial charge in [-0.25, -0.2) is 0 Å². The Morgan fingerprint density at radius 2 is 2.07 bits per heavy atom. The zero-order valence-corrected chi connectivity index (χ0v) is 8.32. The highest BCUT2D eigenvalue weighted by atomic mass is 16.7. The van der Waals surface area contributed by atoms with Crippen molar-refractivity contribution < 1.29 is 19.3 Å². The Morgan fingerprint density at radius 3 is 2.71 bits per heavy atom. The maximum Gasteiger partial charge on any atom is 0.146 e. The predicted octanol–water partition coefficient (Wildman–Crippen LogP) is 1.52. The Balaban J connectivity index is 2.64. The zero-order valence-electron chi connectivity index (χ0n) is 8.32. The molecule has 0 aliphatic carbocycles. The molecule has 1 rings (SSSR count). The Kier molecular flexibility index (Phi) is 4.22.